The lowest BCUT2D eigenvalue weighted by Gasteiger charge is -2.08. The summed E-state index contributed by atoms with van der Waals surface area (Å²) in [7, 11) is 0. The van der Waals surface area contributed by atoms with Crippen LogP contribution in [0.2, 0.25) is 0 Å². The van der Waals surface area contributed by atoms with E-state index in [-0.39, 0.29) is 0 Å². The van der Waals surface area contributed by atoms with E-state index in [4.69, 9.17) is 0 Å². The molecule has 0 unspecified atom stereocenters. The number of hydrogen-bond donors (Lipinski definition) is 0. The van der Waals surface area contributed by atoms with Gasteiger partial charge in [-0.15, -0.1) is 0 Å². The van der Waals surface area contributed by atoms with E-state index in [0.717, 1.165) is 12.8 Å². The third-order valence-electron chi connectivity index (χ3n) is 3.09. The SMILES string of the molecule is C=C([13CH2][13CH2]C(=C)c1ccccc1)c1ccccc1. The van der Waals surface area contributed by atoms with Crippen LogP contribution in [-0.2, 0) is 0 Å². The molecule has 0 aliphatic carbocycles. The van der Waals surface area contributed by atoms with Crippen molar-refractivity contribution in [2.75, 3.05) is 0 Å². The van der Waals surface area contributed by atoms with Crippen LogP contribution in [0.25, 0.3) is 11.1 Å². The van der Waals surface area contributed by atoms with Crippen LogP contribution < -0.4 is 0 Å². The first-order valence-electron chi connectivity index (χ1n) is 6.24. The second-order valence-corrected chi connectivity index (χ2v) is 4.44. The fourth-order valence-corrected chi connectivity index (χ4v) is 1.94. The summed E-state index contributed by atoms with van der Waals surface area (Å²) in [6, 6.07) is 20.7. The third kappa shape index (κ3) is 3.21. The number of hydrogen-bond acceptors (Lipinski definition) is 0. The molecule has 0 amide bonds. The van der Waals surface area contributed by atoms with Crippen LogP contribution in [0.5, 0.6) is 0 Å². The summed E-state index contributed by atoms with van der Waals surface area (Å²) in [5.74, 6) is 0. The van der Waals surface area contributed by atoms with E-state index >= 15 is 0 Å². The zero-order chi connectivity index (χ0) is 12.8. The summed E-state index contributed by atoms with van der Waals surface area (Å²) in [4.78, 5) is 0. The monoisotopic (exact) mass is 236 g/mol. The number of allylic oxidation sites excluding steroid dienone is 2. The molecule has 2 aromatic carbocycles. The smallest absolute Gasteiger partial charge is 0.0230 e. The van der Waals surface area contributed by atoms with Gasteiger partial charge in [0.05, 0.1) is 0 Å². The maximum atomic E-state index is 4.15. The zero-order valence-corrected chi connectivity index (χ0v) is 10.6. The van der Waals surface area contributed by atoms with E-state index in [2.05, 4.69) is 37.4 Å². The van der Waals surface area contributed by atoms with Gasteiger partial charge in [0, 0.05) is 0 Å². The Morgan fingerprint density at radius 3 is 1.28 bits per heavy atom. The lowest BCUT2D eigenvalue weighted by atomic mass is 10.1. The largest absolute Gasteiger partial charge is 0.0952 e. The summed E-state index contributed by atoms with van der Waals surface area (Å²) in [6.45, 7) is 8.30. The van der Waals surface area contributed by atoms with Gasteiger partial charge in [0.2, 0.25) is 0 Å². The van der Waals surface area contributed by atoms with Crippen LogP contribution in [0, 0.1) is 0 Å². The molecule has 2 rings (SSSR count). The van der Waals surface area contributed by atoms with Crippen LogP contribution in [0.15, 0.2) is 73.8 Å². The fourth-order valence-electron chi connectivity index (χ4n) is 1.94. The summed E-state index contributed by atoms with van der Waals surface area (Å²) in [6.07, 6.45) is 1.91. The molecule has 0 heteroatoms. The Balaban J connectivity index is 1.93. The number of rotatable bonds is 5. The minimum absolute atomic E-state index is 0.956. The van der Waals surface area contributed by atoms with Gasteiger partial charge in [0.1, 0.15) is 0 Å². The highest BCUT2D eigenvalue weighted by Crippen LogP contribution is 2.24. The second kappa shape index (κ2) is 6.02. The first-order chi connectivity index (χ1) is 8.77. The second-order valence-electron chi connectivity index (χ2n) is 4.44. The molecule has 0 spiro atoms. The molecule has 2 aromatic rings. The van der Waals surface area contributed by atoms with Gasteiger partial charge in [-0.05, 0) is 35.1 Å². The van der Waals surface area contributed by atoms with Gasteiger partial charge in [0.25, 0.3) is 0 Å². The van der Waals surface area contributed by atoms with Crippen molar-refractivity contribution in [3.8, 4) is 0 Å². The van der Waals surface area contributed by atoms with Gasteiger partial charge in [-0.3, -0.25) is 0 Å². The molecule has 0 saturated heterocycles. The molecular formula is C18H18. The van der Waals surface area contributed by atoms with Crippen molar-refractivity contribution in [3.05, 3.63) is 84.9 Å². The molecular weight excluding hydrogens is 218 g/mol. The Bertz CT molecular complexity index is 469. The highest BCUT2D eigenvalue weighted by Gasteiger charge is 2.01. The van der Waals surface area contributed by atoms with Crippen molar-refractivity contribution in [2.45, 2.75) is 12.8 Å². The molecule has 0 nitrogen and oxygen atoms in total. The zero-order valence-electron chi connectivity index (χ0n) is 10.6. The van der Waals surface area contributed by atoms with Crippen LogP contribution >= 0.6 is 0 Å². The van der Waals surface area contributed by atoms with Crippen molar-refractivity contribution in [2.24, 2.45) is 0 Å². The molecule has 18 heavy (non-hydrogen) atoms. The van der Waals surface area contributed by atoms with Crippen LogP contribution in [0.3, 0.4) is 0 Å². The van der Waals surface area contributed by atoms with Gasteiger partial charge < -0.3 is 0 Å². The quantitative estimate of drug-likeness (QED) is 0.626. The van der Waals surface area contributed by atoms with Crippen LogP contribution in [0.1, 0.15) is 24.0 Å². The lowest BCUT2D eigenvalue weighted by Crippen LogP contribution is -1.86. The van der Waals surface area contributed by atoms with Crippen LogP contribution in [-0.4, -0.2) is 0 Å². The molecule has 0 atom stereocenters. The average Bonchev–Trinajstić information content (AvgIpc) is 2.46. The molecule has 0 heterocycles. The summed E-state index contributed by atoms with van der Waals surface area (Å²) >= 11 is 0. The maximum absolute atomic E-state index is 4.15. The van der Waals surface area contributed by atoms with Crippen molar-refractivity contribution in [1.82, 2.24) is 0 Å². The Morgan fingerprint density at radius 2 is 0.944 bits per heavy atom. The minimum atomic E-state index is 0.956. The van der Waals surface area contributed by atoms with Crippen molar-refractivity contribution < 1.29 is 0 Å². The average molecular weight is 236 g/mol. The molecule has 0 saturated carbocycles. The Labute approximate surface area is 109 Å². The van der Waals surface area contributed by atoms with E-state index in [0.29, 0.717) is 0 Å². The fraction of sp³-hybridized carbons (Fsp3) is 0.111. The molecule has 0 fully saturated rings. The summed E-state index contributed by atoms with van der Waals surface area (Å²) in [5, 5.41) is 0. The molecule has 0 bridgehead atoms. The highest BCUT2D eigenvalue weighted by atomic mass is 14.6. The Kier molecular flexibility index (Phi) is 4.14. The van der Waals surface area contributed by atoms with E-state index in [1.165, 1.54) is 22.3 Å². The highest BCUT2D eigenvalue weighted by molar-refractivity contribution is 5.68. The van der Waals surface area contributed by atoms with Crippen molar-refractivity contribution in [3.63, 3.8) is 0 Å². The summed E-state index contributed by atoms with van der Waals surface area (Å²) in [5.41, 5.74) is 4.79. The van der Waals surface area contributed by atoms with E-state index in [1.807, 2.05) is 36.4 Å². The molecule has 0 aromatic heterocycles. The number of benzene rings is 2. The first-order valence-corrected chi connectivity index (χ1v) is 6.24. The van der Waals surface area contributed by atoms with Gasteiger partial charge in [0.15, 0.2) is 0 Å². The van der Waals surface area contributed by atoms with E-state index < -0.39 is 0 Å². The van der Waals surface area contributed by atoms with Crippen molar-refractivity contribution >= 4 is 11.1 Å². The molecule has 0 aliphatic rings. The predicted octanol–water partition coefficient (Wildman–Crippen LogP) is 5.19. The standard InChI is InChI=1S/C18H18/c1-15(17-9-5-3-6-10-17)13-14-16(2)18-11-7-4-8-12-18/h3-12H,1-2,13-14H2/i13+1,14+1. The topological polar surface area (TPSA) is 0 Å². The van der Waals surface area contributed by atoms with E-state index in [1.54, 1.807) is 0 Å². The predicted molar refractivity (Wildman–Crippen MR) is 80.2 cm³/mol. The van der Waals surface area contributed by atoms with Gasteiger partial charge in [-0.25, -0.2) is 0 Å². The lowest BCUT2D eigenvalue weighted by molar-refractivity contribution is 1.09. The third-order valence-corrected chi connectivity index (χ3v) is 3.09. The van der Waals surface area contributed by atoms with Crippen molar-refractivity contribution in [1.29, 1.82) is 0 Å². The van der Waals surface area contributed by atoms with E-state index in [9.17, 15) is 0 Å². The van der Waals surface area contributed by atoms with Gasteiger partial charge >= 0.3 is 0 Å². The molecule has 90 valence electrons. The molecule has 0 radical (unpaired) electrons. The van der Waals surface area contributed by atoms with Crippen LogP contribution in [0.4, 0.5) is 0 Å². The normalized spacial score (nSPS) is 10.0. The summed E-state index contributed by atoms with van der Waals surface area (Å²) < 4.78 is 0. The van der Waals surface area contributed by atoms with Gasteiger partial charge in [-0.2, -0.15) is 0 Å². The Hall–Kier alpha value is -2.08. The minimum Gasteiger partial charge on any atom is -0.0952 e. The molecule has 0 aliphatic heterocycles. The first kappa shape index (κ1) is 12.4. The maximum Gasteiger partial charge on any atom is -0.0230 e. The van der Waals surface area contributed by atoms with Gasteiger partial charge in [-0.1, -0.05) is 73.8 Å². The Morgan fingerprint density at radius 1 is 0.611 bits per heavy atom. The molecule has 0 N–H and O–H groups in total.